The maximum absolute atomic E-state index is 6.64. The molecule has 31 heavy (non-hydrogen) atoms. The van der Waals surface area contributed by atoms with Crippen molar-refractivity contribution in [3.05, 3.63) is 90.0 Å². The summed E-state index contributed by atoms with van der Waals surface area (Å²) in [4.78, 5) is 4.44. The highest BCUT2D eigenvalue weighted by molar-refractivity contribution is 5.88. The van der Waals surface area contributed by atoms with Crippen LogP contribution in [0.25, 0.3) is 5.70 Å². The monoisotopic (exact) mass is 414 g/mol. The van der Waals surface area contributed by atoms with Crippen molar-refractivity contribution in [2.75, 3.05) is 6.79 Å². The number of ether oxygens (including phenoxy) is 3. The average molecular weight is 414 g/mol. The van der Waals surface area contributed by atoms with Gasteiger partial charge in [-0.15, -0.1) is 0 Å². The molecule has 1 unspecified atom stereocenters. The van der Waals surface area contributed by atoms with Crippen molar-refractivity contribution < 1.29 is 14.2 Å². The van der Waals surface area contributed by atoms with Gasteiger partial charge in [0.15, 0.2) is 17.5 Å². The van der Waals surface area contributed by atoms with Crippen molar-refractivity contribution in [1.29, 1.82) is 0 Å². The Labute approximate surface area is 179 Å². The topological polar surface area (TPSA) is 104 Å². The molecular formula is C24H22N4O3. The molecule has 2 aliphatic rings. The van der Waals surface area contributed by atoms with Gasteiger partial charge in [-0.2, -0.15) is 0 Å². The fourth-order valence-corrected chi connectivity index (χ4v) is 3.66. The molecule has 7 heteroatoms. The molecule has 156 valence electrons. The number of nitrogens with two attached hydrogens (primary N) is 2. The first-order chi connectivity index (χ1) is 15.1. The van der Waals surface area contributed by atoms with Crippen LogP contribution in [-0.2, 0) is 6.42 Å². The predicted octanol–water partition coefficient (Wildman–Crippen LogP) is 3.36. The molecule has 5 rings (SSSR count). The minimum atomic E-state index is -0.895. The zero-order valence-electron chi connectivity index (χ0n) is 16.7. The molecule has 0 bridgehead atoms. The van der Waals surface area contributed by atoms with Crippen molar-refractivity contribution in [2.24, 2.45) is 16.5 Å². The van der Waals surface area contributed by atoms with Gasteiger partial charge in [0.1, 0.15) is 17.2 Å². The summed E-state index contributed by atoms with van der Waals surface area (Å²) in [7, 11) is 0. The predicted molar refractivity (Wildman–Crippen MR) is 119 cm³/mol. The Kier molecular flexibility index (Phi) is 4.72. The first-order valence-corrected chi connectivity index (χ1v) is 9.92. The van der Waals surface area contributed by atoms with E-state index in [9.17, 15) is 0 Å². The van der Waals surface area contributed by atoms with Crippen LogP contribution in [0.1, 0.15) is 11.1 Å². The molecule has 0 aromatic heterocycles. The highest BCUT2D eigenvalue weighted by atomic mass is 16.7. The molecule has 2 heterocycles. The van der Waals surface area contributed by atoms with Crippen LogP contribution in [0.3, 0.4) is 0 Å². The van der Waals surface area contributed by atoms with Crippen molar-refractivity contribution in [3.8, 4) is 23.0 Å². The molecule has 0 saturated heterocycles. The van der Waals surface area contributed by atoms with Crippen LogP contribution < -0.4 is 31.0 Å². The van der Waals surface area contributed by atoms with Crippen molar-refractivity contribution in [2.45, 2.75) is 12.1 Å². The molecule has 0 fully saturated rings. The number of fused-ring (bicyclic) bond motifs is 1. The van der Waals surface area contributed by atoms with E-state index in [1.165, 1.54) is 0 Å². The first kappa shape index (κ1) is 19.0. The van der Waals surface area contributed by atoms with E-state index in [0.29, 0.717) is 12.1 Å². The van der Waals surface area contributed by atoms with E-state index in [1.54, 1.807) is 0 Å². The highest BCUT2D eigenvalue weighted by Crippen LogP contribution is 2.34. The van der Waals surface area contributed by atoms with Crippen LogP contribution >= 0.6 is 0 Å². The summed E-state index contributed by atoms with van der Waals surface area (Å²) in [6.07, 6.45) is 2.39. The Bertz CT molecular complexity index is 1160. The van der Waals surface area contributed by atoms with E-state index in [2.05, 4.69) is 10.3 Å². The molecule has 0 aliphatic carbocycles. The lowest BCUT2D eigenvalue weighted by molar-refractivity contribution is 0.174. The number of rotatable bonds is 5. The fourth-order valence-electron chi connectivity index (χ4n) is 3.66. The zero-order valence-corrected chi connectivity index (χ0v) is 16.7. The Morgan fingerprint density at radius 1 is 0.935 bits per heavy atom. The fraction of sp³-hybridized carbons (Fsp3) is 0.125. The van der Waals surface area contributed by atoms with Gasteiger partial charge in [-0.3, -0.25) is 0 Å². The van der Waals surface area contributed by atoms with Crippen LogP contribution in [0.5, 0.6) is 23.0 Å². The summed E-state index contributed by atoms with van der Waals surface area (Å²) in [5.41, 5.74) is 14.4. The Morgan fingerprint density at radius 3 is 2.48 bits per heavy atom. The van der Waals surface area contributed by atoms with Crippen LogP contribution in [-0.4, -0.2) is 18.4 Å². The van der Waals surface area contributed by atoms with Crippen molar-refractivity contribution >= 4 is 11.7 Å². The van der Waals surface area contributed by atoms with E-state index in [0.717, 1.165) is 34.1 Å². The number of guanidine groups is 1. The number of aliphatic imine (C=N–C) groups is 1. The molecule has 5 N–H and O–H groups in total. The van der Waals surface area contributed by atoms with Crippen LogP contribution in [0.2, 0.25) is 0 Å². The molecule has 3 aromatic carbocycles. The summed E-state index contributed by atoms with van der Waals surface area (Å²) >= 11 is 0. The van der Waals surface area contributed by atoms with Gasteiger partial charge in [-0.05, 0) is 60.2 Å². The minimum Gasteiger partial charge on any atom is -0.457 e. The minimum absolute atomic E-state index is 0.235. The lowest BCUT2D eigenvalue weighted by Gasteiger charge is -2.32. The molecule has 2 aliphatic heterocycles. The number of nitrogens with one attached hydrogen (secondary N) is 1. The summed E-state index contributed by atoms with van der Waals surface area (Å²) in [5, 5.41) is 3.09. The number of benzene rings is 3. The van der Waals surface area contributed by atoms with Crippen molar-refractivity contribution in [3.63, 3.8) is 0 Å². The summed E-state index contributed by atoms with van der Waals surface area (Å²) < 4.78 is 16.7. The van der Waals surface area contributed by atoms with Crippen LogP contribution in [0.15, 0.2) is 83.9 Å². The first-order valence-electron chi connectivity index (χ1n) is 9.92. The number of para-hydroxylation sites is 1. The van der Waals surface area contributed by atoms with E-state index >= 15 is 0 Å². The quantitative estimate of drug-likeness (QED) is 0.591. The Hall–Kier alpha value is -3.97. The number of hydrogen-bond donors (Lipinski definition) is 3. The normalized spacial score (nSPS) is 19.3. The van der Waals surface area contributed by atoms with Gasteiger partial charge in [0.2, 0.25) is 6.79 Å². The lowest BCUT2D eigenvalue weighted by atomic mass is 9.96. The van der Waals surface area contributed by atoms with Gasteiger partial charge in [0.25, 0.3) is 0 Å². The number of hydrogen-bond acceptors (Lipinski definition) is 7. The molecule has 0 radical (unpaired) electrons. The lowest BCUT2D eigenvalue weighted by Crippen LogP contribution is -2.59. The van der Waals surface area contributed by atoms with E-state index in [1.807, 2.05) is 78.9 Å². The molecule has 7 nitrogen and oxygen atoms in total. The maximum Gasteiger partial charge on any atom is 0.231 e. The summed E-state index contributed by atoms with van der Waals surface area (Å²) in [6.45, 7) is 0.235. The van der Waals surface area contributed by atoms with E-state index < -0.39 is 5.66 Å². The van der Waals surface area contributed by atoms with Crippen molar-refractivity contribution in [1.82, 2.24) is 5.32 Å². The molecule has 0 saturated carbocycles. The molecule has 1 atom stereocenters. The second-order valence-corrected chi connectivity index (χ2v) is 7.50. The van der Waals surface area contributed by atoms with Gasteiger partial charge in [0.05, 0.1) is 5.70 Å². The third-order valence-corrected chi connectivity index (χ3v) is 5.06. The third-order valence-electron chi connectivity index (χ3n) is 5.06. The molecule has 0 amide bonds. The van der Waals surface area contributed by atoms with Crippen LogP contribution in [0, 0.1) is 0 Å². The number of nitrogens with zero attached hydrogens (tertiary/aromatic N) is 1. The molecular weight excluding hydrogens is 392 g/mol. The van der Waals surface area contributed by atoms with Gasteiger partial charge >= 0.3 is 0 Å². The van der Waals surface area contributed by atoms with Gasteiger partial charge in [0, 0.05) is 12.0 Å². The average Bonchev–Trinajstić information content (AvgIpc) is 3.22. The standard InChI is InChI=1S/C24H22N4O3/c25-23-27-20(17-7-9-19(10-8-17)31-18-4-2-1-3-5-18)14-24(26,28-23)13-16-6-11-21-22(12-16)30-15-29-21/h1-12,14H,13,15,26H2,(H3,25,27,28). The second-order valence-electron chi connectivity index (χ2n) is 7.50. The summed E-state index contributed by atoms with van der Waals surface area (Å²) in [5.74, 6) is 3.24. The van der Waals surface area contributed by atoms with Gasteiger partial charge in [-0.1, -0.05) is 24.3 Å². The third kappa shape index (κ3) is 4.17. The van der Waals surface area contributed by atoms with Crippen LogP contribution in [0.4, 0.5) is 0 Å². The van der Waals surface area contributed by atoms with Gasteiger partial charge < -0.3 is 31.0 Å². The second kappa shape index (κ2) is 7.70. The van der Waals surface area contributed by atoms with Gasteiger partial charge in [-0.25, -0.2) is 4.99 Å². The Balaban J connectivity index is 1.36. The SMILES string of the molecule is NC1=NC(c2ccc(Oc3ccccc3)cc2)=CC(N)(Cc2ccc3c(c2)OCO3)N1. The van der Waals surface area contributed by atoms with E-state index in [-0.39, 0.29) is 12.8 Å². The summed E-state index contributed by atoms with van der Waals surface area (Å²) in [6, 6.07) is 23.1. The van der Waals surface area contributed by atoms with E-state index in [4.69, 9.17) is 25.7 Å². The largest absolute Gasteiger partial charge is 0.457 e. The zero-order chi connectivity index (χ0) is 21.3. The maximum atomic E-state index is 6.64. The highest BCUT2D eigenvalue weighted by Gasteiger charge is 2.29. The smallest absolute Gasteiger partial charge is 0.231 e. The Morgan fingerprint density at radius 2 is 1.68 bits per heavy atom. The molecule has 0 spiro atoms. The molecule has 3 aromatic rings.